The fourth-order valence-electron chi connectivity index (χ4n) is 1.94. The average molecular weight is 224 g/mol. The largest absolute Gasteiger partial charge is 0.285 e. The molecule has 2 rings (SSSR count). The Kier molecular flexibility index (Phi) is 2.61. The quantitative estimate of drug-likeness (QED) is 0.716. The van der Waals surface area contributed by atoms with Gasteiger partial charge in [0.2, 0.25) is 15.5 Å². The lowest BCUT2D eigenvalue weighted by molar-refractivity contribution is 0.556. The van der Waals surface area contributed by atoms with Gasteiger partial charge < -0.3 is 0 Å². The van der Waals surface area contributed by atoms with Crippen molar-refractivity contribution in [3.05, 3.63) is 29.3 Å². The Morgan fingerprint density at radius 3 is 2.40 bits per heavy atom. The summed E-state index contributed by atoms with van der Waals surface area (Å²) in [5, 5.41) is 0. The van der Waals surface area contributed by atoms with E-state index in [1.54, 1.807) is 6.07 Å². The fraction of sp³-hybridized carbons (Fsp3) is 0.364. The molecule has 0 heterocycles. The van der Waals surface area contributed by atoms with Crippen molar-refractivity contribution < 1.29 is 13.2 Å². The van der Waals surface area contributed by atoms with Crippen molar-refractivity contribution in [2.45, 2.75) is 30.6 Å². The third-order valence-electron chi connectivity index (χ3n) is 2.78. The van der Waals surface area contributed by atoms with E-state index < -0.39 is 9.84 Å². The van der Waals surface area contributed by atoms with Gasteiger partial charge in [0.15, 0.2) is 0 Å². The number of carbonyl (C=O) groups excluding carboxylic acids is 1. The highest BCUT2D eigenvalue weighted by molar-refractivity contribution is 8.04. The van der Waals surface area contributed by atoms with E-state index in [4.69, 9.17) is 0 Å². The number of rotatable bonds is 2. The molecule has 15 heavy (non-hydrogen) atoms. The predicted molar refractivity (Wildman–Crippen MR) is 57.0 cm³/mol. The maximum Gasteiger partial charge on any atom is 0.238 e. The molecule has 0 saturated carbocycles. The Labute approximate surface area is 89.0 Å². The zero-order valence-corrected chi connectivity index (χ0v) is 9.09. The van der Waals surface area contributed by atoms with E-state index in [0.717, 1.165) is 31.2 Å². The monoisotopic (exact) mass is 224 g/mol. The number of hydrogen-bond donors (Lipinski definition) is 0. The molecule has 4 heteroatoms. The van der Waals surface area contributed by atoms with Gasteiger partial charge in [0, 0.05) is 0 Å². The summed E-state index contributed by atoms with van der Waals surface area (Å²) in [6, 6.07) is 4.98. The molecule has 1 aromatic carbocycles. The summed E-state index contributed by atoms with van der Waals surface area (Å²) in [4.78, 5) is 10.5. The molecule has 0 aromatic heterocycles. The average Bonchev–Trinajstić information content (AvgIpc) is 2.28. The summed E-state index contributed by atoms with van der Waals surface area (Å²) >= 11 is 0. The van der Waals surface area contributed by atoms with Crippen LogP contribution in [0.4, 0.5) is 0 Å². The summed E-state index contributed by atoms with van der Waals surface area (Å²) in [7, 11) is -3.71. The Hall–Kier alpha value is -1.16. The summed E-state index contributed by atoms with van der Waals surface area (Å²) in [5.41, 5.74) is 2.30. The number of fused-ring (bicyclic) bond motifs is 1. The summed E-state index contributed by atoms with van der Waals surface area (Å²) < 4.78 is 22.6. The molecule has 0 amide bonds. The molecule has 0 radical (unpaired) electrons. The first-order valence-electron chi connectivity index (χ1n) is 4.95. The van der Waals surface area contributed by atoms with E-state index in [1.807, 2.05) is 6.07 Å². The minimum absolute atomic E-state index is 0.0115. The highest BCUT2D eigenvalue weighted by atomic mass is 32.2. The summed E-state index contributed by atoms with van der Waals surface area (Å²) in [5.74, 6) is 0. The van der Waals surface area contributed by atoms with Gasteiger partial charge in [-0.3, -0.25) is 4.79 Å². The van der Waals surface area contributed by atoms with Gasteiger partial charge in [-0.2, -0.15) is 0 Å². The lowest BCUT2D eigenvalue weighted by atomic mass is 9.92. The van der Waals surface area contributed by atoms with Crippen LogP contribution < -0.4 is 0 Å². The lowest BCUT2D eigenvalue weighted by Gasteiger charge is -2.15. The second-order valence-corrected chi connectivity index (χ2v) is 5.53. The van der Waals surface area contributed by atoms with Gasteiger partial charge in [0.05, 0.1) is 4.90 Å². The van der Waals surface area contributed by atoms with Crippen LogP contribution in [0.3, 0.4) is 0 Å². The standard InChI is InChI=1S/C11H12O3S/c12-8-15(13,14)11-6-5-9-3-1-2-4-10(9)7-11/h5-8H,1-4H2. The number of carbonyl (C=O) groups is 1. The Morgan fingerprint density at radius 2 is 1.73 bits per heavy atom. The van der Waals surface area contributed by atoms with E-state index in [1.165, 1.54) is 11.6 Å². The topological polar surface area (TPSA) is 51.2 Å². The SMILES string of the molecule is O=CS(=O)(=O)c1ccc2c(c1)CCCC2. The molecule has 1 aromatic rings. The molecule has 80 valence electrons. The van der Waals surface area contributed by atoms with Gasteiger partial charge in [-0.25, -0.2) is 8.42 Å². The second kappa shape index (κ2) is 3.77. The third kappa shape index (κ3) is 1.95. The van der Waals surface area contributed by atoms with Crippen LogP contribution in [0, 0.1) is 0 Å². The minimum atomic E-state index is -3.71. The number of sulfone groups is 1. The van der Waals surface area contributed by atoms with Crippen molar-refractivity contribution in [3.63, 3.8) is 0 Å². The number of benzene rings is 1. The highest BCUT2D eigenvalue weighted by Crippen LogP contribution is 2.23. The normalized spacial score (nSPS) is 15.7. The molecular formula is C11H12O3S. The van der Waals surface area contributed by atoms with Gasteiger partial charge in [-0.1, -0.05) is 6.07 Å². The Balaban J connectivity index is 2.49. The maximum absolute atomic E-state index is 11.3. The zero-order chi connectivity index (χ0) is 10.9. The fourth-order valence-corrected chi connectivity index (χ4v) is 2.62. The molecule has 3 nitrogen and oxygen atoms in total. The van der Waals surface area contributed by atoms with Crippen molar-refractivity contribution >= 4 is 15.5 Å². The van der Waals surface area contributed by atoms with E-state index in [0.29, 0.717) is 0 Å². The molecule has 0 atom stereocenters. The molecule has 0 bridgehead atoms. The van der Waals surface area contributed by atoms with Crippen LogP contribution >= 0.6 is 0 Å². The van der Waals surface area contributed by atoms with Crippen molar-refractivity contribution in [2.75, 3.05) is 0 Å². The summed E-state index contributed by atoms with van der Waals surface area (Å²) in [6.45, 7) is 0. The van der Waals surface area contributed by atoms with Gasteiger partial charge >= 0.3 is 0 Å². The highest BCUT2D eigenvalue weighted by Gasteiger charge is 2.16. The number of hydrogen-bond acceptors (Lipinski definition) is 3. The Morgan fingerprint density at radius 1 is 1.07 bits per heavy atom. The maximum atomic E-state index is 11.3. The second-order valence-electron chi connectivity index (χ2n) is 3.78. The first kappa shape index (κ1) is 10.4. The van der Waals surface area contributed by atoms with Crippen LogP contribution in [-0.4, -0.2) is 14.0 Å². The van der Waals surface area contributed by atoms with Gasteiger partial charge in [-0.05, 0) is 48.9 Å². The molecule has 0 fully saturated rings. The van der Waals surface area contributed by atoms with Crippen molar-refractivity contribution in [2.24, 2.45) is 0 Å². The molecule has 1 aliphatic rings. The van der Waals surface area contributed by atoms with E-state index in [9.17, 15) is 13.2 Å². The van der Waals surface area contributed by atoms with E-state index in [2.05, 4.69) is 0 Å². The molecular weight excluding hydrogens is 212 g/mol. The van der Waals surface area contributed by atoms with Gasteiger partial charge in [0.25, 0.3) is 0 Å². The molecule has 0 N–H and O–H groups in total. The van der Waals surface area contributed by atoms with Crippen LogP contribution in [-0.2, 0) is 27.5 Å². The van der Waals surface area contributed by atoms with E-state index >= 15 is 0 Å². The summed E-state index contributed by atoms with van der Waals surface area (Å²) in [6.07, 6.45) is 4.18. The van der Waals surface area contributed by atoms with Crippen LogP contribution in [0.2, 0.25) is 0 Å². The number of aryl methyl sites for hydroxylation is 2. The first-order chi connectivity index (χ1) is 7.13. The van der Waals surface area contributed by atoms with Crippen molar-refractivity contribution in [1.82, 2.24) is 0 Å². The van der Waals surface area contributed by atoms with Crippen molar-refractivity contribution in [3.8, 4) is 0 Å². The smallest absolute Gasteiger partial charge is 0.238 e. The van der Waals surface area contributed by atoms with Crippen LogP contribution in [0.25, 0.3) is 0 Å². The zero-order valence-electron chi connectivity index (χ0n) is 8.27. The van der Waals surface area contributed by atoms with Gasteiger partial charge in [0.1, 0.15) is 0 Å². The Bertz CT molecular complexity index is 489. The molecule has 0 saturated heterocycles. The lowest BCUT2D eigenvalue weighted by Crippen LogP contribution is -2.07. The first-order valence-corrected chi connectivity index (χ1v) is 6.50. The minimum Gasteiger partial charge on any atom is -0.285 e. The molecule has 0 spiro atoms. The molecule has 1 aliphatic carbocycles. The van der Waals surface area contributed by atoms with Crippen LogP contribution in [0.5, 0.6) is 0 Å². The van der Waals surface area contributed by atoms with E-state index in [-0.39, 0.29) is 10.5 Å². The van der Waals surface area contributed by atoms with Crippen LogP contribution in [0.15, 0.2) is 23.1 Å². The molecule has 0 aliphatic heterocycles. The predicted octanol–water partition coefficient (Wildman–Crippen LogP) is 1.53. The van der Waals surface area contributed by atoms with Gasteiger partial charge in [-0.15, -0.1) is 0 Å². The third-order valence-corrected chi connectivity index (χ3v) is 3.94. The van der Waals surface area contributed by atoms with Crippen molar-refractivity contribution in [1.29, 1.82) is 0 Å². The van der Waals surface area contributed by atoms with Crippen LogP contribution in [0.1, 0.15) is 24.0 Å². The molecule has 0 unspecified atom stereocenters.